The lowest BCUT2D eigenvalue weighted by Gasteiger charge is -2.27. The molecule has 0 atom stereocenters. The molecule has 2 aliphatic rings. The van der Waals surface area contributed by atoms with E-state index in [1.807, 2.05) is 0 Å². The van der Waals surface area contributed by atoms with Crippen LogP contribution in [0.1, 0.15) is 11.3 Å². The summed E-state index contributed by atoms with van der Waals surface area (Å²) in [6, 6.07) is 7.64. The molecular weight excluding hydrogens is 449 g/mol. The second-order valence-corrected chi connectivity index (χ2v) is 8.03. The molecule has 4 rings (SSSR count). The molecule has 2 aromatic rings. The molecule has 168 valence electrons. The molecule has 0 saturated carbocycles. The number of hydrogen-bond donors (Lipinski definition) is 0. The van der Waals surface area contributed by atoms with Gasteiger partial charge in [0.1, 0.15) is 18.1 Å². The van der Waals surface area contributed by atoms with Crippen LogP contribution in [0.15, 0.2) is 45.7 Å². The first-order valence-corrected chi connectivity index (χ1v) is 10.4. The van der Waals surface area contributed by atoms with Crippen LogP contribution in [0.25, 0.3) is 17.4 Å². The maximum Gasteiger partial charge on any atom is 0.416 e. The van der Waals surface area contributed by atoms with Gasteiger partial charge in [-0.1, -0.05) is 12.1 Å². The Labute approximate surface area is 184 Å². The standard InChI is InChI=1S/C21H17F3N2O5S/c22-21(23,24)14-3-1-2-13(10-14)16-5-4-15(31-16)11-17-19(28)26(20(29)32-17)12-18(27)25-6-8-30-9-7-25/h1-5,10-11H,6-9,12H2/b17-11+. The minimum Gasteiger partial charge on any atom is -0.457 e. The second-order valence-electron chi connectivity index (χ2n) is 7.04. The summed E-state index contributed by atoms with van der Waals surface area (Å²) in [7, 11) is 0. The van der Waals surface area contributed by atoms with Gasteiger partial charge in [-0.2, -0.15) is 13.2 Å². The predicted octanol–water partition coefficient (Wildman–Crippen LogP) is 3.86. The number of alkyl halides is 3. The van der Waals surface area contributed by atoms with Gasteiger partial charge in [0.05, 0.1) is 23.7 Å². The Bertz CT molecular complexity index is 1090. The first kappa shape index (κ1) is 22.2. The monoisotopic (exact) mass is 466 g/mol. The van der Waals surface area contributed by atoms with E-state index in [0.29, 0.717) is 38.1 Å². The number of nitrogens with zero attached hydrogens (tertiary/aromatic N) is 2. The van der Waals surface area contributed by atoms with Crippen LogP contribution in [0, 0.1) is 0 Å². The molecule has 0 spiro atoms. The smallest absolute Gasteiger partial charge is 0.416 e. The summed E-state index contributed by atoms with van der Waals surface area (Å²) in [5, 5.41) is -0.576. The van der Waals surface area contributed by atoms with Gasteiger partial charge in [-0.3, -0.25) is 19.3 Å². The van der Waals surface area contributed by atoms with Crippen molar-refractivity contribution in [2.45, 2.75) is 6.18 Å². The van der Waals surface area contributed by atoms with Crippen LogP contribution in [-0.4, -0.2) is 59.7 Å². The lowest BCUT2D eigenvalue weighted by Crippen LogP contribution is -2.46. The molecule has 0 aliphatic carbocycles. The fourth-order valence-corrected chi connectivity index (χ4v) is 4.07. The molecule has 0 radical (unpaired) electrons. The molecular formula is C21H17F3N2O5S. The molecule has 0 unspecified atom stereocenters. The van der Waals surface area contributed by atoms with E-state index in [1.54, 1.807) is 0 Å². The third-order valence-corrected chi connectivity index (χ3v) is 5.81. The van der Waals surface area contributed by atoms with E-state index in [1.165, 1.54) is 35.2 Å². The Morgan fingerprint density at radius 1 is 1.12 bits per heavy atom. The Balaban J connectivity index is 1.48. The molecule has 3 heterocycles. The minimum absolute atomic E-state index is 0.0646. The van der Waals surface area contributed by atoms with E-state index in [2.05, 4.69) is 0 Å². The Kier molecular flexibility index (Phi) is 6.11. The molecule has 2 aliphatic heterocycles. The number of hydrogen-bond acceptors (Lipinski definition) is 6. The summed E-state index contributed by atoms with van der Waals surface area (Å²) in [5.41, 5.74) is -0.581. The first-order chi connectivity index (χ1) is 15.2. The normalized spacial score (nSPS) is 18.7. The summed E-state index contributed by atoms with van der Waals surface area (Å²) in [4.78, 5) is 39.7. The Morgan fingerprint density at radius 2 is 1.88 bits per heavy atom. The number of morpholine rings is 1. The van der Waals surface area contributed by atoms with Crippen LogP contribution >= 0.6 is 11.8 Å². The Morgan fingerprint density at radius 3 is 2.59 bits per heavy atom. The summed E-state index contributed by atoms with van der Waals surface area (Å²) < 4.78 is 49.6. The summed E-state index contributed by atoms with van der Waals surface area (Å²) >= 11 is 0.671. The van der Waals surface area contributed by atoms with E-state index < -0.39 is 22.9 Å². The number of halogens is 3. The first-order valence-electron chi connectivity index (χ1n) is 9.61. The number of amides is 3. The number of imide groups is 1. The Hall–Kier alpha value is -3.05. The number of thioether (sulfide) groups is 1. The third kappa shape index (κ3) is 4.73. The topological polar surface area (TPSA) is 80.1 Å². The van der Waals surface area contributed by atoms with Gasteiger partial charge in [0.15, 0.2) is 0 Å². The lowest BCUT2D eigenvalue weighted by molar-refractivity contribution is -0.139. The SMILES string of the molecule is O=C(CN1C(=O)S/C(=C/c2ccc(-c3cccc(C(F)(F)F)c3)o2)C1=O)N1CCOCC1. The van der Waals surface area contributed by atoms with Gasteiger partial charge in [0.2, 0.25) is 5.91 Å². The van der Waals surface area contributed by atoms with Gasteiger partial charge < -0.3 is 14.1 Å². The number of ether oxygens (including phenoxy) is 1. The zero-order valence-corrected chi connectivity index (χ0v) is 17.4. The number of furan rings is 1. The van der Waals surface area contributed by atoms with Gasteiger partial charge in [-0.15, -0.1) is 0 Å². The van der Waals surface area contributed by atoms with E-state index in [0.717, 1.165) is 17.0 Å². The minimum atomic E-state index is -4.48. The summed E-state index contributed by atoms with van der Waals surface area (Å²) in [5.74, 6) is -0.591. The fraction of sp³-hybridized carbons (Fsp3) is 0.286. The molecule has 0 N–H and O–H groups in total. The van der Waals surface area contributed by atoms with Crippen LogP contribution in [0.2, 0.25) is 0 Å². The van der Waals surface area contributed by atoms with Crippen molar-refractivity contribution < 1.29 is 36.7 Å². The van der Waals surface area contributed by atoms with Crippen LogP contribution < -0.4 is 0 Å². The lowest BCUT2D eigenvalue weighted by atomic mass is 10.1. The number of carbonyl (C=O) groups excluding carboxylic acids is 3. The van der Waals surface area contributed by atoms with Gasteiger partial charge in [0, 0.05) is 24.7 Å². The van der Waals surface area contributed by atoms with Crippen molar-refractivity contribution in [2.75, 3.05) is 32.8 Å². The predicted molar refractivity (Wildman–Crippen MR) is 109 cm³/mol. The molecule has 0 bridgehead atoms. The average molecular weight is 466 g/mol. The number of carbonyl (C=O) groups is 3. The zero-order valence-electron chi connectivity index (χ0n) is 16.6. The average Bonchev–Trinajstić information content (AvgIpc) is 3.34. The molecule has 1 aromatic carbocycles. The van der Waals surface area contributed by atoms with Crippen LogP contribution in [0.5, 0.6) is 0 Å². The largest absolute Gasteiger partial charge is 0.457 e. The van der Waals surface area contributed by atoms with Crippen molar-refractivity contribution in [1.29, 1.82) is 0 Å². The number of benzene rings is 1. The van der Waals surface area contributed by atoms with Crippen molar-refractivity contribution in [2.24, 2.45) is 0 Å². The molecule has 2 saturated heterocycles. The second kappa shape index (κ2) is 8.83. The molecule has 7 nitrogen and oxygen atoms in total. The number of rotatable bonds is 4. The third-order valence-electron chi connectivity index (χ3n) is 4.91. The quantitative estimate of drug-likeness (QED) is 0.637. The van der Waals surface area contributed by atoms with E-state index in [-0.39, 0.29) is 34.4 Å². The van der Waals surface area contributed by atoms with Crippen LogP contribution in [-0.2, 0) is 20.5 Å². The van der Waals surface area contributed by atoms with Gasteiger partial charge >= 0.3 is 6.18 Å². The van der Waals surface area contributed by atoms with Gasteiger partial charge in [-0.25, -0.2) is 0 Å². The highest BCUT2D eigenvalue weighted by atomic mass is 32.2. The molecule has 2 fully saturated rings. The zero-order chi connectivity index (χ0) is 22.9. The van der Waals surface area contributed by atoms with Gasteiger partial charge in [0.25, 0.3) is 11.1 Å². The van der Waals surface area contributed by atoms with Crippen molar-refractivity contribution in [1.82, 2.24) is 9.80 Å². The molecule has 3 amide bonds. The van der Waals surface area contributed by atoms with Gasteiger partial charge in [-0.05, 0) is 36.0 Å². The molecule has 32 heavy (non-hydrogen) atoms. The highest BCUT2D eigenvalue weighted by molar-refractivity contribution is 8.18. The maximum atomic E-state index is 12.9. The summed E-state index contributed by atoms with van der Waals surface area (Å²) in [6.07, 6.45) is -3.15. The molecule has 1 aromatic heterocycles. The maximum absolute atomic E-state index is 12.9. The van der Waals surface area contributed by atoms with E-state index in [4.69, 9.17) is 9.15 Å². The summed E-state index contributed by atoms with van der Waals surface area (Å²) in [6.45, 7) is 1.24. The van der Waals surface area contributed by atoms with Crippen molar-refractivity contribution in [3.8, 4) is 11.3 Å². The molecule has 11 heteroatoms. The fourth-order valence-electron chi connectivity index (χ4n) is 3.25. The highest BCUT2D eigenvalue weighted by Gasteiger charge is 2.37. The van der Waals surface area contributed by atoms with Crippen LogP contribution in [0.3, 0.4) is 0 Å². The van der Waals surface area contributed by atoms with Crippen molar-refractivity contribution in [3.05, 3.63) is 52.6 Å². The van der Waals surface area contributed by atoms with Crippen LogP contribution in [0.4, 0.5) is 18.0 Å². The van der Waals surface area contributed by atoms with E-state index >= 15 is 0 Å². The van der Waals surface area contributed by atoms with Crippen molar-refractivity contribution >= 4 is 34.9 Å². The van der Waals surface area contributed by atoms with E-state index in [9.17, 15) is 27.6 Å². The van der Waals surface area contributed by atoms with Crippen molar-refractivity contribution in [3.63, 3.8) is 0 Å². The highest BCUT2D eigenvalue weighted by Crippen LogP contribution is 2.35.